The Balaban J connectivity index is 2.23. The molecule has 0 amide bonds. The van der Waals surface area contributed by atoms with E-state index in [2.05, 4.69) is 58.3 Å². The molecule has 1 N–H and O–H groups in total. The molecule has 0 aliphatic rings. The summed E-state index contributed by atoms with van der Waals surface area (Å²) in [7, 11) is 0. The summed E-state index contributed by atoms with van der Waals surface area (Å²) in [6.45, 7) is 5.13. The molecule has 0 aliphatic carbocycles. The van der Waals surface area contributed by atoms with E-state index in [9.17, 15) is 0 Å². The van der Waals surface area contributed by atoms with Gasteiger partial charge in [0.25, 0.3) is 0 Å². The normalized spacial score (nSPS) is 12.4. The highest BCUT2D eigenvalue weighted by Crippen LogP contribution is 2.28. The van der Waals surface area contributed by atoms with Crippen LogP contribution in [0.1, 0.15) is 36.7 Å². The Bertz CT molecular complexity index is 584. The van der Waals surface area contributed by atoms with Crippen molar-refractivity contribution in [3.05, 3.63) is 62.8 Å². The van der Waals surface area contributed by atoms with Gasteiger partial charge in [0, 0.05) is 33.8 Å². The molecule has 1 aromatic carbocycles. The van der Waals surface area contributed by atoms with Crippen molar-refractivity contribution in [1.82, 2.24) is 10.3 Å². The Hall–Kier alpha value is -0.900. The van der Waals surface area contributed by atoms with Gasteiger partial charge in [-0.05, 0) is 48.4 Å². The molecule has 1 unspecified atom stereocenters. The second kappa shape index (κ2) is 7.92. The van der Waals surface area contributed by atoms with E-state index in [1.54, 1.807) is 0 Å². The van der Waals surface area contributed by atoms with Crippen LogP contribution in [0.3, 0.4) is 0 Å². The van der Waals surface area contributed by atoms with Crippen LogP contribution in [-0.2, 0) is 12.8 Å². The molecule has 21 heavy (non-hydrogen) atoms. The maximum atomic E-state index is 6.36. The summed E-state index contributed by atoms with van der Waals surface area (Å²) in [6, 6.07) is 10.4. The molecule has 0 saturated carbocycles. The van der Waals surface area contributed by atoms with Crippen LogP contribution in [-0.4, -0.2) is 11.5 Å². The standard InChI is InChI=1S/C17H20BrClN2/c1-3-12-5-7-14(21-11-12)10-17(20-4-2)15-9-13(18)6-8-16(15)19/h5-9,11,17,20H,3-4,10H2,1-2H3. The van der Waals surface area contributed by atoms with Crippen LogP contribution in [0.25, 0.3) is 0 Å². The largest absolute Gasteiger partial charge is 0.310 e. The van der Waals surface area contributed by atoms with Crippen molar-refractivity contribution in [2.24, 2.45) is 0 Å². The Kier molecular flexibility index (Phi) is 6.22. The minimum atomic E-state index is 0.167. The molecule has 2 nitrogen and oxygen atoms in total. The average Bonchev–Trinajstić information content (AvgIpc) is 2.50. The van der Waals surface area contributed by atoms with E-state index in [1.807, 2.05) is 18.3 Å². The van der Waals surface area contributed by atoms with Crippen molar-refractivity contribution in [3.63, 3.8) is 0 Å². The summed E-state index contributed by atoms with van der Waals surface area (Å²) in [4.78, 5) is 4.55. The number of nitrogens with one attached hydrogen (secondary N) is 1. The summed E-state index contributed by atoms with van der Waals surface area (Å²) in [5.41, 5.74) is 3.45. The third kappa shape index (κ3) is 4.53. The lowest BCUT2D eigenvalue weighted by atomic mass is 10.0. The maximum absolute atomic E-state index is 6.36. The van der Waals surface area contributed by atoms with Crippen molar-refractivity contribution < 1.29 is 0 Å². The van der Waals surface area contributed by atoms with Crippen molar-refractivity contribution in [3.8, 4) is 0 Å². The molecule has 2 aromatic rings. The van der Waals surface area contributed by atoms with Crippen LogP contribution >= 0.6 is 27.5 Å². The zero-order valence-corrected chi connectivity index (χ0v) is 14.7. The smallest absolute Gasteiger partial charge is 0.0454 e. The molecule has 0 spiro atoms. The monoisotopic (exact) mass is 366 g/mol. The van der Waals surface area contributed by atoms with E-state index >= 15 is 0 Å². The lowest BCUT2D eigenvalue weighted by molar-refractivity contribution is 0.544. The summed E-state index contributed by atoms with van der Waals surface area (Å²) in [5, 5.41) is 4.29. The van der Waals surface area contributed by atoms with Gasteiger partial charge in [0.05, 0.1) is 0 Å². The summed E-state index contributed by atoms with van der Waals surface area (Å²) in [5.74, 6) is 0. The first-order chi connectivity index (χ1) is 10.1. The van der Waals surface area contributed by atoms with Gasteiger partial charge in [0.15, 0.2) is 0 Å². The Morgan fingerprint density at radius 1 is 1.24 bits per heavy atom. The molecular formula is C17H20BrClN2. The fraction of sp³-hybridized carbons (Fsp3) is 0.353. The van der Waals surface area contributed by atoms with E-state index in [1.165, 1.54) is 5.56 Å². The fourth-order valence-corrected chi connectivity index (χ4v) is 2.94. The minimum Gasteiger partial charge on any atom is -0.310 e. The van der Waals surface area contributed by atoms with Crippen molar-refractivity contribution in [2.75, 3.05) is 6.54 Å². The van der Waals surface area contributed by atoms with E-state index in [4.69, 9.17) is 11.6 Å². The highest BCUT2D eigenvalue weighted by molar-refractivity contribution is 9.10. The zero-order valence-electron chi connectivity index (χ0n) is 12.4. The quantitative estimate of drug-likeness (QED) is 0.781. The molecule has 1 atom stereocenters. The van der Waals surface area contributed by atoms with Crippen LogP contribution in [0.4, 0.5) is 0 Å². The SMILES string of the molecule is CCNC(Cc1ccc(CC)cn1)c1cc(Br)ccc1Cl. The van der Waals surface area contributed by atoms with Gasteiger partial charge in [-0.3, -0.25) is 4.98 Å². The number of rotatable bonds is 6. The predicted molar refractivity (Wildman–Crippen MR) is 92.9 cm³/mol. The summed E-state index contributed by atoms with van der Waals surface area (Å²) >= 11 is 9.88. The first-order valence-electron chi connectivity index (χ1n) is 7.26. The Morgan fingerprint density at radius 3 is 2.67 bits per heavy atom. The van der Waals surface area contributed by atoms with Gasteiger partial charge in [-0.25, -0.2) is 0 Å². The Labute approximate surface area is 140 Å². The van der Waals surface area contributed by atoms with Crippen molar-refractivity contribution in [1.29, 1.82) is 0 Å². The number of hydrogen-bond acceptors (Lipinski definition) is 2. The molecular weight excluding hydrogens is 348 g/mol. The summed E-state index contributed by atoms with van der Waals surface area (Å²) < 4.78 is 1.04. The van der Waals surface area contributed by atoms with E-state index in [0.29, 0.717) is 0 Å². The van der Waals surface area contributed by atoms with Crippen LogP contribution in [0.5, 0.6) is 0 Å². The molecule has 0 bridgehead atoms. The van der Waals surface area contributed by atoms with Crippen molar-refractivity contribution >= 4 is 27.5 Å². The van der Waals surface area contributed by atoms with Crippen LogP contribution in [0, 0.1) is 0 Å². The first kappa shape index (κ1) is 16.5. The van der Waals surface area contributed by atoms with Crippen LogP contribution in [0.15, 0.2) is 41.0 Å². The van der Waals surface area contributed by atoms with E-state index in [-0.39, 0.29) is 6.04 Å². The molecule has 4 heteroatoms. The highest BCUT2D eigenvalue weighted by Gasteiger charge is 2.15. The molecule has 2 rings (SSSR count). The number of halogens is 2. The third-order valence-electron chi connectivity index (χ3n) is 3.49. The van der Waals surface area contributed by atoms with Gasteiger partial charge < -0.3 is 5.32 Å². The maximum Gasteiger partial charge on any atom is 0.0454 e. The number of benzene rings is 1. The van der Waals surface area contributed by atoms with Crippen molar-refractivity contribution in [2.45, 2.75) is 32.7 Å². The molecule has 0 fully saturated rings. The molecule has 0 saturated heterocycles. The van der Waals surface area contributed by atoms with Gasteiger partial charge in [-0.15, -0.1) is 0 Å². The second-order valence-electron chi connectivity index (χ2n) is 4.99. The molecule has 1 aromatic heterocycles. The Morgan fingerprint density at radius 2 is 2.05 bits per heavy atom. The molecule has 1 heterocycles. The topological polar surface area (TPSA) is 24.9 Å². The number of aromatic nitrogens is 1. The zero-order chi connectivity index (χ0) is 15.2. The number of aryl methyl sites for hydroxylation is 1. The lowest BCUT2D eigenvalue weighted by Gasteiger charge is -2.20. The molecule has 112 valence electrons. The summed E-state index contributed by atoms with van der Waals surface area (Å²) in [6.07, 6.45) is 3.80. The van der Waals surface area contributed by atoms with Gasteiger partial charge in [-0.1, -0.05) is 47.4 Å². The first-order valence-corrected chi connectivity index (χ1v) is 8.43. The lowest BCUT2D eigenvalue weighted by Crippen LogP contribution is -2.23. The average molecular weight is 368 g/mol. The fourth-order valence-electron chi connectivity index (χ4n) is 2.31. The van der Waals surface area contributed by atoms with Crippen LogP contribution in [0.2, 0.25) is 5.02 Å². The minimum absolute atomic E-state index is 0.167. The van der Waals surface area contributed by atoms with Gasteiger partial charge in [-0.2, -0.15) is 0 Å². The molecule has 0 aliphatic heterocycles. The second-order valence-corrected chi connectivity index (χ2v) is 6.31. The number of pyridine rings is 1. The van der Waals surface area contributed by atoms with Gasteiger partial charge in [0.2, 0.25) is 0 Å². The van der Waals surface area contributed by atoms with Crippen LogP contribution < -0.4 is 5.32 Å². The number of likely N-dealkylation sites (N-methyl/N-ethyl adjacent to an activating group) is 1. The van der Waals surface area contributed by atoms with Gasteiger partial charge >= 0.3 is 0 Å². The molecule has 0 radical (unpaired) electrons. The number of hydrogen-bond donors (Lipinski definition) is 1. The highest BCUT2D eigenvalue weighted by atomic mass is 79.9. The van der Waals surface area contributed by atoms with E-state index in [0.717, 1.165) is 40.1 Å². The number of nitrogens with zero attached hydrogens (tertiary/aromatic N) is 1. The predicted octanol–water partition coefficient (Wildman–Crippen LogP) is 4.95. The third-order valence-corrected chi connectivity index (χ3v) is 4.33. The van der Waals surface area contributed by atoms with E-state index < -0.39 is 0 Å². The van der Waals surface area contributed by atoms with Gasteiger partial charge in [0.1, 0.15) is 0 Å².